The van der Waals surface area contributed by atoms with Gasteiger partial charge in [0.2, 0.25) is 0 Å². The van der Waals surface area contributed by atoms with Crippen molar-refractivity contribution in [2.24, 2.45) is 0 Å². The minimum Gasteiger partial charge on any atom is -0.454 e. The molecule has 3 amide bonds. The minimum atomic E-state index is -1.27. The van der Waals surface area contributed by atoms with Gasteiger partial charge in [-0.15, -0.1) is 0 Å². The second-order valence-electron chi connectivity index (χ2n) is 6.38. The van der Waals surface area contributed by atoms with Gasteiger partial charge < -0.3 is 10.1 Å². The number of hydrogen-bond acceptors (Lipinski definition) is 3. The summed E-state index contributed by atoms with van der Waals surface area (Å²) in [4.78, 5) is 24.3. The standard InChI is InChI=1S/C21H12Cl4F2N2O3/c1-9-7-15(32-14-6-5-10(22)8-11(14)23)17(24)18(25)19(9)28-21(31)29-20(30)16-12(26)3-2-4-13(16)27/h2-8H,1H3,(H2,28,29,30,31). The molecule has 0 fully saturated rings. The summed E-state index contributed by atoms with van der Waals surface area (Å²) in [6.45, 7) is 1.59. The number of benzene rings is 3. The third-order valence-electron chi connectivity index (χ3n) is 4.14. The molecule has 0 saturated carbocycles. The van der Waals surface area contributed by atoms with Gasteiger partial charge in [0.15, 0.2) is 0 Å². The molecule has 2 N–H and O–H groups in total. The lowest BCUT2D eigenvalue weighted by Crippen LogP contribution is -2.35. The van der Waals surface area contributed by atoms with Crippen LogP contribution in [-0.4, -0.2) is 11.9 Å². The molecular weight excluding hydrogens is 508 g/mol. The number of urea groups is 1. The number of anilines is 1. The largest absolute Gasteiger partial charge is 0.454 e. The molecule has 0 atom stereocenters. The van der Waals surface area contributed by atoms with Crippen LogP contribution in [0.5, 0.6) is 11.5 Å². The molecule has 0 aliphatic carbocycles. The maximum absolute atomic E-state index is 13.7. The summed E-state index contributed by atoms with van der Waals surface area (Å²) < 4.78 is 33.2. The summed E-state index contributed by atoms with van der Waals surface area (Å²) in [5.74, 6) is -3.08. The number of aryl methyl sites for hydroxylation is 1. The van der Waals surface area contributed by atoms with Crippen molar-refractivity contribution in [3.05, 3.63) is 85.3 Å². The quantitative estimate of drug-likeness (QED) is 0.372. The van der Waals surface area contributed by atoms with Crippen LogP contribution in [0.15, 0.2) is 42.5 Å². The zero-order valence-corrected chi connectivity index (χ0v) is 19.1. The van der Waals surface area contributed by atoms with Gasteiger partial charge in [-0.05, 0) is 48.9 Å². The maximum atomic E-state index is 13.7. The smallest absolute Gasteiger partial charge is 0.326 e. The zero-order valence-electron chi connectivity index (χ0n) is 16.0. The molecule has 0 aliphatic rings. The SMILES string of the molecule is Cc1cc(Oc2ccc(Cl)cc2Cl)c(Cl)c(Cl)c1NC(=O)NC(=O)c1c(F)cccc1F. The highest BCUT2D eigenvalue weighted by Gasteiger charge is 2.22. The molecule has 0 aliphatic heterocycles. The van der Waals surface area contributed by atoms with Gasteiger partial charge in [-0.2, -0.15) is 0 Å². The van der Waals surface area contributed by atoms with Crippen LogP contribution in [0.2, 0.25) is 20.1 Å². The fraction of sp³-hybridized carbons (Fsp3) is 0.0476. The number of carbonyl (C=O) groups is 2. The van der Waals surface area contributed by atoms with Crippen LogP contribution in [0.3, 0.4) is 0 Å². The Labute approximate surface area is 201 Å². The first kappa shape index (κ1) is 24.1. The normalized spacial score (nSPS) is 10.6. The molecule has 0 saturated heterocycles. The molecule has 5 nitrogen and oxygen atoms in total. The van der Waals surface area contributed by atoms with Crippen LogP contribution < -0.4 is 15.4 Å². The number of nitrogens with one attached hydrogen (secondary N) is 2. The summed E-state index contributed by atoms with van der Waals surface area (Å²) in [6, 6.07) is 7.87. The highest BCUT2D eigenvalue weighted by atomic mass is 35.5. The summed E-state index contributed by atoms with van der Waals surface area (Å²) in [6.07, 6.45) is 0. The monoisotopic (exact) mass is 518 g/mol. The molecule has 32 heavy (non-hydrogen) atoms. The second-order valence-corrected chi connectivity index (χ2v) is 7.98. The highest BCUT2D eigenvalue weighted by Crippen LogP contribution is 2.43. The van der Waals surface area contributed by atoms with Crippen molar-refractivity contribution < 1.29 is 23.1 Å². The zero-order chi connectivity index (χ0) is 23.6. The number of hydrogen-bond donors (Lipinski definition) is 2. The lowest BCUT2D eigenvalue weighted by molar-refractivity contribution is 0.0959. The number of amides is 3. The average Bonchev–Trinajstić information content (AvgIpc) is 2.71. The lowest BCUT2D eigenvalue weighted by Gasteiger charge is -2.16. The Morgan fingerprint density at radius 3 is 2.19 bits per heavy atom. The molecule has 3 aromatic carbocycles. The van der Waals surface area contributed by atoms with Crippen molar-refractivity contribution in [2.75, 3.05) is 5.32 Å². The van der Waals surface area contributed by atoms with E-state index >= 15 is 0 Å². The van der Waals surface area contributed by atoms with Crippen LogP contribution in [0, 0.1) is 18.6 Å². The third kappa shape index (κ3) is 5.24. The molecule has 0 aromatic heterocycles. The van der Waals surface area contributed by atoms with E-state index in [1.807, 2.05) is 5.32 Å². The molecule has 0 bridgehead atoms. The fourth-order valence-corrected chi connectivity index (χ4v) is 3.58. The third-order valence-corrected chi connectivity index (χ3v) is 5.52. The van der Waals surface area contributed by atoms with Gasteiger partial charge in [0.25, 0.3) is 5.91 Å². The van der Waals surface area contributed by atoms with Crippen molar-refractivity contribution in [3.8, 4) is 11.5 Å². The number of rotatable bonds is 4. The van der Waals surface area contributed by atoms with Crippen LogP contribution >= 0.6 is 46.4 Å². The maximum Gasteiger partial charge on any atom is 0.326 e. The van der Waals surface area contributed by atoms with Gasteiger partial charge in [-0.3, -0.25) is 10.1 Å². The van der Waals surface area contributed by atoms with E-state index in [0.29, 0.717) is 10.6 Å². The summed E-state index contributed by atoms with van der Waals surface area (Å²) in [5, 5.41) is 4.68. The van der Waals surface area contributed by atoms with Gasteiger partial charge in [-0.1, -0.05) is 52.5 Å². The van der Waals surface area contributed by atoms with Crippen LogP contribution in [0.4, 0.5) is 19.3 Å². The Bertz CT molecular complexity index is 1220. The molecule has 0 radical (unpaired) electrons. The first-order chi connectivity index (χ1) is 15.1. The number of carbonyl (C=O) groups excluding carboxylic acids is 2. The van der Waals surface area contributed by atoms with Gasteiger partial charge in [-0.25, -0.2) is 13.6 Å². The van der Waals surface area contributed by atoms with Gasteiger partial charge in [0.1, 0.15) is 33.7 Å². The average molecular weight is 520 g/mol. The van der Waals surface area contributed by atoms with Crippen molar-refractivity contribution >= 4 is 64.0 Å². The predicted molar refractivity (Wildman–Crippen MR) is 121 cm³/mol. The van der Waals surface area contributed by atoms with Crippen LogP contribution in [0.25, 0.3) is 0 Å². The molecule has 0 heterocycles. The number of halogens is 6. The topological polar surface area (TPSA) is 67.4 Å². The molecule has 11 heteroatoms. The van der Waals surface area contributed by atoms with Crippen molar-refractivity contribution in [1.82, 2.24) is 5.32 Å². The molecule has 166 valence electrons. The van der Waals surface area contributed by atoms with Crippen molar-refractivity contribution in [2.45, 2.75) is 6.92 Å². The summed E-state index contributed by atoms with van der Waals surface area (Å²) >= 11 is 24.5. The van der Waals surface area contributed by atoms with Gasteiger partial charge in [0, 0.05) is 5.02 Å². The molecule has 0 spiro atoms. The Hall–Kier alpha value is -2.58. The van der Waals surface area contributed by atoms with Crippen molar-refractivity contribution in [3.63, 3.8) is 0 Å². The van der Waals surface area contributed by atoms with Gasteiger partial charge in [0.05, 0.1) is 15.7 Å². The Morgan fingerprint density at radius 1 is 0.906 bits per heavy atom. The minimum absolute atomic E-state index is 0.0509. The van der Waals surface area contributed by atoms with E-state index in [2.05, 4.69) is 5.32 Å². The van der Waals surface area contributed by atoms with E-state index in [1.54, 1.807) is 13.0 Å². The predicted octanol–water partition coefficient (Wildman–Crippen LogP) is 7.64. The molecular formula is C21H12Cl4F2N2O3. The Morgan fingerprint density at radius 2 is 1.56 bits per heavy atom. The van der Waals surface area contributed by atoms with Crippen LogP contribution in [0.1, 0.15) is 15.9 Å². The van der Waals surface area contributed by atoms with E-state index in [4.69, 9.17) is 51.1 Å². The van der Waals surface area contributed by atoms with Crippen molar-refractivity contribution in [1.29, 1.82) is 0 Å². The lowest BCUT2D eigenvalue weighted by atomic mass is 10.1. The van der Waals surface area contributed by atoms with E-state index in [1.165, 1.54) is 18.2 Å². The Balaban J connectivity index is 1.81. The number of imide groups is 1. The molecule has 3 aromatic rings. The molecule has 3 rings (SSSR count). The fourth-order valence-electron chi connectivity index (χ4n) is 2.65. The highest BCUT2D eigenvalue weighted by molar-refractivity contribution is 6.45. The first-order valence-electron chi connectivity index (χ1n) is 8.76. The van der Waals surface area contributed by atoms with Gasteiger partial charge >= 0.3 is 6.03 Å². The first-order valence-corrected chi connectivity index (χ1v) is 10.3. The second kappa shape index (κ2) is 9.92. The van der Waals surface area contributed by atoms with E-state index in [9.17, 15) is 18.4 Å². The Kier molecular flexibility index (Phi) is 7.46. The van der Waals surface area contributed by atoms with E-state index in [-0.39, 0.29) is 32.3 Å². The van der Waals surface area contributed by atoms with E-state index in [0.717, 1.165) is 18.2 Å². The van der Waals surface area contributed by atoms with E-state index < -0.39 is 29.1 Å². The number of ether oxygens (including phenoxy) is 1. The van der Waals surface area contributed by atoms with Crippen LogP contribution in [-0.2, 0) is 0 Å². The summed E-state index contributed by atoms with van der Waals surface area (Å²) in [5.41, 5.74) is -0.420. The molecule has 0 unspecified atom stereocenters. The summed E-state index contributed by atoms with van der Waals surface area (Å²) in [7, 11) is 0.